The number of anilines is 3. The van der Waals surface area contributed by atoms with Crippen molar-refractivity contribution in [2.45, 2.75) is 13.8 Å². The molecule has 78 valence electrons. The number of nitrogens with one attached hydrogen (secondary N) is 1. The van der Waals surface area contributed by atoms with E-state index in [0.717, 1.165) is 22.6 Å². The molecule has 4 nitrogen and oxygen atoms in total. The molecule has 0 heterocycles. The monoisotopic (exact) mass is 307 g/mol. The fourth-order valence-corrected chi connectivity index (χ4v) is 2.09. The molecule has 0 unspecified atom stereocenters. The minimum absolute atomic E-state index is 0.641. The lowest BCUT2D eigenvalue weighted by Crippen LogP contribution is -2.06. The van der Waals surface area contributed by atoms with Gasteiger partial charge in [0, 0.05) is 18.2 Å². The first-order valence-electron chi connectivity index (χ1n) is 4.19. The summed E-state index contributed by atoms with van der Waals surface area (Å²) < 4.78 is 5.22. The topological polar surface area (TPSA) is 73.3 Å². The number of nitrogen functional groups attached to an aromatic ring is 2. The van der Waals surface area contributed by atoms with Crippen LogP contribution >= 0.6 is 23.0 Å². The van der Waals surface area contributed by atoms with Crippen LogP contribution < -0.4 is 19.9 Å². The van der Waals surface area contributed by atoms with Crippen LogP contribution in [0.1, 0.15) is 11.1 Å². The van der Waals surface area contributed by atoms with Crippen molar-refractivity contribution < 1.29 is 3.07 Å². The van der Waals surface area contributed by atoms with Gasteiger partial charge in [0.25, 0.3) is 0 Å². The third-order valence-electron chi connectivity index (χ3n) is 2.36. The second-order valence-electron chi connectivity index (χ2n) is 3.11. The maximum absolute atomic E-state index is 5.91. The van der Waals surface area contributed by atoms with Gasteiger partial charge in [0.15, 0.2) is 23.0 Å². The highest BCUT2D eigenvalue weighted by Crippen LogP contribution is 2.40. The molecule has 1 rings (SSSR count). The normalized spacial score (nSPS) is 10.0. The lowest BCUT2D eigenvalue weighted by atomic mass is 10.0. The van der Waals surface area contributed by atoms with Crippen LogP contribution in [0.15, 0.2) is 0 Å². The number of nitrogens with two attached hydrogens (primary N) is 2. The van der Waals surface area contributed by atoms with Crippen molar-refractivity contribution in [2.75, 3.05) is 23.8 Å². The quantitative estimate of drug-likeness (QED) is 0.579. The lowest BCUT2D eigenvalue weighted by molar-refractivity contribution is 0.703. The fourth-order valence-electron chi connectivity index (χ4n) is 1.43. The molecule has 0 saturated heterocycles. The van der Waals surface area contributed by atoms with E-state index in [-0.39, 0.29) is 0 Å². The highest BCUT2D eigenvalue weighted by atomic mass is 127. The van der Waals surface area contributed by atoms with Gasteiger partial charge in [0.1, 0.15) is 5.75 Å². The zero-order valence-electron chi connectivity index (χ0n) is 8.44. The van der Waals surface area contributed by atoms with Gasteiger partial charge in [-0.1, -0.05) is 0 Å². The average Bonchev–Trinajstić information content (AvgIpc) is 2.17. The van der Waals surface area contributed by atoms with E-state index in [4.69, 9.17) is 14.5 Å². The second-order valence-corrected chi connectivity index (χ2v) is 3.55. The molecule has 0 saturated carbocycles. The summed E-state index contributed by atoms with van der Waals surface area (Å²) in [6.45, 7) is 3.83. The Morgan fingerprint density at radius 2 is 1.57 bits per heavy atom. The van der Waals surface area contributed by atoms with Crippen molar-refractivity contribution in [1.82, 2.24) is 0 Å². The maximum atomic E-state index is 5.91. The number of rotatable bonds is 2. The average molecular weight is 307 g/mol. The van der Waals surface area contributed by atoms with Crippen LogP contribution in [0.3, 0.4) is 0 Å². The van der Waals surface area contributed by atoms with Gasteiger partial charge >= 0.3 is 0 Å². The summed E-state index contributed by atoms with van der Waals surface area (Å²) in [7, 11) is 1.80. The van der Waals surface area contributed by atoms with E-state index in [1.165, 1.54) is 0 Å². The van der Waals surface area contributed by atoms with E-state index in [9.17, 15) is 0 Å². The number of hydrogen-bond acceptors (Lipinski definition) is 4. The summed E-state index contributed by atoms with van der Waals surface area (Å²) in [6.07, 6.45) is 0. The molecule has 0 aliphatic heterocycles. The number of halogens is 1. The van der Waals surface area contributed by atoms with E-state index in [2.05, 4.69) is 5.32 Å². The van der Waals surface area contributed by atoms with Crippen molar-refractivity contribution in [3.05, 3.63) is 11.1 Å². The lowest BCUT2D eigenvalue weighted by Gasteiger charge is -2.17. The van der Waals surface area contributed by atoms with Gasteiger partial charge in [-0.3, -0.25) is 0 Å². The van der Waals surface area contributed by atoms with Gasteiger partial charge in [0.2, 0.25) is 0 Å². The van der Waals surface area contributed by atoms with Crippen LogP contribution in [0.5, 0.6) is 5.75 Å². The molecule has 0 amide bonds. The van der Waals surface area contributed by atoms with Gasteiger partial charge in [-0.05, 0) is 13.8 Å². The largest absolute Gasteiger partial charge is 0.427 e. The smallest absolute Gasteiger partial charge is 0.192 e. The van der Waals surface area contributed by atoms with Crippen molar-refractivity contribution >= 4 is 40.1 Å². The highest BCUT2D eigenvalue weighted by molar-refractivity contribution is 14.1. The van der Waals surface area contributed by atoms with Crippen molar-refractivity contribution in [1.29, 1.82) is 0 Å². The van der Waals surface area contributed by atoms with Gasteiger partial charge in [-0.15, -0.1) is 0 Å². The Balaban J connectivity index is 3.55. The molecule has 5 heteroatoms. The maximum Gasteiger partial charge on any atom is 0.192 e. The van der Waals surface area contributed by atoms with Crippen LogP contribution in [0.25, 0.3) is 0 Å². The Kier molecular flexibility index (Phi) is 3.30. The van der Waals surface area contributed by atoms with Gasteiger partial charge in [-0.2, -0.15) is 0 Å². The van der Waals surface area contributed by atoms with E-state index in [1.807, 2.05) is 36.9 Å². The predicted octanol–water partition coefficient (Wildman–Crippen LogP) is 2.24. The molecule has 0 atom stereocenters. The van der Waals surface area contributed by atoms with Crippen LogP contribution in [0.4, 0.5) is 17.1 Å². The minimum Gasteiger partial charge on any atom is -0.427 e. The zero-order chi connectivity index (χ0) is 10.9. The molecule has 0 radical (unpaired) electrons. The van der Waals surface area contributed by atoms with E-state index in [1.54, 1.807) is 7.05 Å². The van der Waals surface area contributed by atoms with Gasteiger partial charge < -0.3 is 19.9 Å². The zero-order valence-corrected chi connectivity index (χ0v) is 10.6. The summed E-state index contributed by atoms with van der Waals surface area (Å²) in [5.41, 5.74) is 15.7. The number of hydrogen-bond donors (Lipinski definition) is 3. The van der Waals surface area contributed by atoms with Gasteiger partial charge in [0.05, 0.1) is 17.1 Å². The molecule has 0 fully saturated rings. The predicted molar refractivity (Wildman–Crippen MR) is 68.9 cm³/mol. The molecule has 0 bridgehead atoms. The Bertz CT molecular complexity index is 302. The molecule has 1 aromatic rings. The summed E-state index contributed by atoms with van der Waals surface area (Å²) in [6, 6.07) is 0. The summed E-state index contributed by atoms with van der Waals surface area (Å²) >= 11 is 1.83. The summed E-state index contributed by atoms with van der Waals surface area (Å²) in [5.74, 6) is 0.750. The van der Waals surface area contributed by atoms with Crippen LogP contribution in [-0.2, 0) is 0 Å². The first-order chi connectivity index (χ1) is 6.54. The Morgan fingerprint density at radius 3 is 1.86 bits per heavy atom. The third-order valence-corrected chi connectivity index (χ3v) is 2.80. The molecule has 0 spiro atoms. The second kappa shape index (κ2) is 4.12. The molecular weight excluding hydrogens is 293 g/mol. The first-order valence-corrected chi connectivity index (χ1v) is 5.07. The SMILES string of the molecule is CNc1c(N)c(C)c(OI)c(C)c1N. The molecule has 0 aromatic heterocycles. The Hall–Kier alpha value is -0.850. The van der Waals surface area contributed by atoms with Crippen LogP contribution in [0, 0.1) is 13.8 Å². The van der Waals surface area contributed by atoms with Crippen LogP contribution in [-0.4, -0.2) is 7.05 Å². The van der Waals surface area contributed by atoms with Gasteiger partial charge in [-0.25, -0.2) is 0 Å². The van der Waals surface area contributed by atoms with Crippen molar-refractivity contribution in [3.8, 4) is 5.75 Å². The van der Waals surface area contributed by atoms with Crippen LogP contribution in [0.2, 0.25) is 0 Å². The number of benzene rings is 1. The molecule has 0 aliphatic rings. The fraction of sp³-hybridized carbons (Fsp3) is 0.333. The summed E-state index contributed by atoms with van der Waals surface area (Å²) in [4.78, 5) is 0. The third kappa shape index (κ3) is 1.56. The van der Waals surface area contributed by atoms with E-state index < -0.39 is 0 Å². The first kappa shape index (κ1) is 11.2. The molecular formula is C9H14IN3O. The van der Waals surface area contributed by atoms with E-state index in [0.29, 0.717) is 11.4 Å². The Morgan fingerprint density at radius 1 is 1.14 bits per heavy atom. The molecule has 14 heavy (non-hydrogen) atoms. The minimum atomic E-state index is 0.641. The standard InChI is InChI=1S/C9H14IN3O/c1-4-6(11)8(13-3)7(12)5(2)9(4)14-10/h13H,11-12H2,1-3H3. The highest BCUT2D eigenvalue weighted by Gasteiger charge is 2.15. The molecule has 5 N–H and O–H groups in total. The van der Waals surface area contributed by atoms with E-state index >= 15 is 0 Å². The molecule has 1 aromatic carbocycles. The Labute approximate surface area is 97.7 Å². The van der Waals surface area contributed by atoms with Crippen molar-refractivity contribution in [3.63, 3.8) is 0 Å². The van der Waals surface area contributed by atoms with Crippen molar-refractivity contribution in [2.24, 2.45) is 0 Å². The molecule has 0 aliphatic carbocycles. The summed E-state index contributed by atoms with van der Waals surface area (Å²) in [5, 5.41) is 2.99.